The summed E-state index contributed by atoms with van der Waals surface area (Å²) in [5.41, 5.74) is 0.274. The Morgan fingerprint density at radius 2 is 1.88 bits per heavy atom. The van der Waals surface area contributed by atoms with Gasteiger partial charge in [-0.05, 0) is 42.3 Å². The van der Waals surface area contributed by atoms with Crippen molar-refractivity contribution in [2.24, 2.45) is 0 Å². The Morgan fingerprint density at radius 3 is 2.31 bits per heavy atom. The molecule has 1 rings (SSSR count). The van der Waals surface area contributed by atoms with Crippen LogP contribution in [0.5, 0.6) is 0 Å². The second-order valence-electron chi connectivity index (χ2n) is 3.20. The van der Waals surface area contributed by atoms with Gasteiger partial charge in [-0.1, -0.05) is 6.92 Å². The summed E-state index contributed by atoms with van der Waals surface area (Å²) in [6.45, 7) is 2.26. The topological polar surface area (TPSA) is 63.2 Å². The normalized spacial score (nSPS) is 11.4. The van der Waals surface area contributed by atoms with Crippen molar-refractivity contribution in [2.75, 3.05) is 6.54 Å². The molecule has 0 radical (unpaired) electrons. The molecule has 0 bridgehead atoms. The summed E-state index contributed by atoms with van der Waals surface area (Å²) in [5.74, 6) is 0. The molecule has 16 heavy (non-hydrogen) atoms. The van der Waals surface area contributed by atoms with Gasteiger partial charge in [-0.2, -0.15) is 0 Å². The lowest BCUT2D eigenvalue weighted by atomic mass is 10.2. The smallest absolute Gasteiger partial charge is 0.252 e. The van der Waals surface area contributed by atoms with E-state index in [1.54, 1.807) is 0 Å². The minimum Gasteiger partial charge on any atom is -0.276 e. The molecule has 0 saturated heterocycles. The molecule has 0 fully saturated rings. The van der Waals surface area contributed by atoms with E-state index in [4.69, 9.17) is 11.6 Å². The van der Waals surface area contributed by atoms with E-state index in [0.717, 1.165) is 6.42 Å². The summed E-state index contributed by atoms with van der Waals surface area (Å²) in [6, 6.07) is 5.48. The third kappa shape index (κ3) is 3.30. The van der Waals surface area contributed by atoms with Crippen LogP contribution in [0.15, 0.2) is 29.2 Å². The van der Waals surface area contributed by atoms with E-state index < -0.39 is 15.3 Å². The molecule has 0 saturated carbocycles. The standard InChI is InChI=1S/C10H12ClNO3S/c1-2-7-12-16(14,15)9-5-3-8(4-6-9)10(11)13/h3-6,12H,2,7H2,1H3. The maximum atomic E-state index is 11.6. The minimum absolute atomic E-state index is 0.127. The molecule has 1 N–H and O–H groups in total. The molecule has 0 aliphatic carbocycles. The van der Waals surface area contributed by atoms with Crippen LogP contribution < -0.4 is 4.72 Å². The summed E-state index contributed by atoms with van der Waals surface area (Å²) in [5, 5.41) is -0.606. The Morgan fingerprint density at radius 1 is 1.31 bits per heavy atom. The monoisotopic (exact) mass is 261 g/mol. The van der Waals surface area contributed by atoms with E-state index in [2.05, 4.69) is 4.72 Å². The number of nitrogens with one attached hydrogen (secondary N) is 1. The number of hydrogen-bond donors (Lipinski definition) is 1. The maximum Gasteiger partial charge on any atom is 0.252 e. The third-order valence-corrected chi connectivity index (χ3v) is 3.63. The second-order valence-corrected chi connectivity index (χ2v) is 5.31. The van der Waals surface area contributed by atoms with Crippen LogP contribution in [0.2, 0.25) is 0 Å². The largest absolute Gasteiger partial charge is 0.276 e. The number of carbonyl (C=O) groups excluding carboxylic acids is 1. The van der Waals surface area contributed by atoms with E-state index in [9.17, 15) is 13.2 Å². The van der Waals surface area contributed by atoms with Gasteiger partial charge in [-0.25, -0.2) is 13.1 Å². The summed E-state index contributed by atoms with van der Waals surface area (Å²) in [6.07, 6.45) is 0.720. The van der Waals surface area contributed by atoms with E-state index in [1.807, 2.05) is 6.92 Å². The first-order valence-electron chi connectivity index (χ1n) is 4.77. The molecule has 0 spiro atoms. The van der Waals surface area contributed by atoms with Crippen LogP contribution in [0.4, 0.5) is 0 Å². The molecule has 0 heterocycles. The van der Waals surface area contributed by atoms with Crippen molar-refractivity contribution in [3.63, 3.8) is 0 Å². The lowest BCUT2D eigenvalue weighted by Crippen LogP contribution is -2.24. The van der Waals surface area contributed by atoms with Crippen LogP contribution in [0.3, 0.4) is 0 Å². The number of sulfonamides is 1. The van der Waals surface area contributed by atoms with Crippen LogP contribution in [-0.4, -0.2) is 20.2 Å². The van der Waals surface area contributed by atoms with Gasteiger partial charge in [-0.3, -0.25) is 4.79 Å². The Balaban J connectivity index is 2.93. The zero-order chi connectivity index (χ0) is 12.2. The maximum absolute atomic E-state index is 11.6. The predicted molar refractivity (Wildman–Crippen MR) is 62.1 cm³/mol. The highest BCUT2D eigenvalue weighted by molar-refractivity contribution is 7.89. The molecule has 0 atom stereocenters. The van der Waals surface area contributed by atoms with Crippen molar-refractivity contribution in [1.82, 2.24) is 4.72 Å². The molecule has 0 unspecified atom stereocenters. The van der Waals surface area contributed by atoms with Crippen molar-refractivity contribution in [1.29, 1.82) is 0 Å². The van der Waals surface area contributed by atoms with E-state index in [0.29, 0.717) is 6.54 Å². The Bertz CT molecular complexity index is 467. The predicted octanol–water partition coefficient (Wildman–Crippen LogP) is 1.75. The van der Waals surface area contributed by atoms with Gasteiger partial charge in [0.1, 0.15) is 0 Å². The summed E-state index contributed by atoms with van der Waals surface area (Å²) in [4.78, 5) is 10.9. The van der Waals surface area contributed by atoms with Crippen LogP contribution in [0, 0.1) is 0 Å². The number of hydrogen-bond acceptors (Lipinski definition) is 3. The van der Waals surface area contributed by atoms with Crippen LogP contribution in [-0.2, 0) is 10.0 Å². The van der Waals surface area contributed by atoms with Gasteiger partial charge in [0.2, 0.25) is 10.0 Å². The van der Waals surface area contributed by atoms with Gasteiger partial charge in [0.15, 0.2) is 0 Å². The Labute approximate surface area is 99.7 Å². The molecule has 1 aromatic rings. The van der Waals surface area contributed by atoms with Gasteiger partial charge < -0.3 is 0 Å². The molecule has 4 nitrogen and oxygen atoms in total. The lowest BCUT2D eigenvalue weighted by Gasteiger charge is -2.05. The number of rotatable bonds is 5. The van der Waals surface area contributed by atoms with Crippen molar-refractivity contribution < 1.29 is 13.2 Å². The quantitative estimate of drug-likeness (QED) is 0.822. The average molecular weight is 262 g/mol. The molecule has 1 aromatic carbocycles. The van der Waals surface area contributed by atoms with Gasteiger partial charge in [0.05, 0.1) is 4.90 Å². The number of halogens is 1. The summed E-state index contributed by atoms with van der Waals surface area (Å²) in [7, 11) is -3.47. The van der Waals surface area contributed by atoms with E-state index in [1.165, 1.54) is 24.3 Å². The fourth-order valence-electron chi connectivity index (χ4n) is 1.08. The molecule has 0 aliphatic rings. The Hall–Kier alpha value is -0.910. The van der Waals surface area contributed by atoms with Gasteiger partial charge >= 0.3 is 0 Å². The fourth-order valence-corrected chi connectivity index (χ4v) is 2.34. The summed E-state index contributed by atoms with van der Waals surface area (Å²) >= 11 is 5.25. The zero-order valence-corrected chi connectivity index (χ0v) is 10.3. The van der Waals surface area contributed by atoms with Gasteiger partial charge in [0, 0.05) is 12.1 Å². The first-order chi connectivity index (χ1) is 7.47. The van der Waals surface area contributed by atoms with Crippen LogP contribution >= 0.6 is 11.6 Å². The molecule has 0 amide bonds. The fraction of sp³-hybridized carbons (Fsp3) is 0.300. The molecule has 88 valence electrons. The van der Waals surface area contributed by atoms with Crippen molar-refractivity contribution >= 4 is 26.9 Å². The van der Waals surface area contributed by atoms with Gasteiger partial charge in [0.25, 0.3) is 5.24 Å². The molecular formula is C10H12ClNO3S. The third-order valence-electron chi connectivity index (χ3n) is 1.93. The van der Waals surface area contributed by atoms with E-state index >= 15 is 0 Å². The highest BCUT2D eigenvalue weighted by atomic mass is 35.5. The minimum atomic E-state index is -3.47. The van der Waals surface area contributed by atoms with Crippen molar-refractivity contribution in [3.8, 4) is 0 Å². The Kier molecular flexibility index (Phi) is 4.46. The SMILES string of the molecule is CCCNS(=O)(=O)c1ccc(C(=O)Cl)cc1. The number of carbonyl (C=O) groups is 1. The highest BCUT2D eigenvalue weighted by Gasteiger charge is 2.13. The highest BCUT2D eigenvalue weighted by Crippen LogP contribution is 2.11. The summed E-state index contributed by atoms with van der Waals surface area (Å²) < 4.78 is 25.7. The first kappa shape index (κ1) is 13.2. The zero-order valence-electron chi connectivity index (χ0n) is 8.73. The van der Waals surface area contributed by atoms with Crippen LogP contribution in [0.25, 0.3) is 0 Å². The second kappa shape index (κ2) is 5.43. The van der Waals surface area contributed by atoms with Gasteiger partial charge in [-0.15, -0.1) is 0 Å². The molecule has 0 aromatic heterocycles. The molecular weight excluding hydrogens is 250 g/mol. The molecule has 0 aliphatic heterocycles. The number of benzene rings is 1. The van der Waals surface area contributed by atoms with Crippen molar-refractivity contribution in [2.45, 2.75) is 18.2 Å². The first-order valence-corrected chi connectivity index (χ1v) is 6.63. The van der Waals surface area contributed by atoms with Crippen LogP contribution in [0.1, 0.15) is 23.7 Å². The van der Waals surface area contributed by atoms with E-state index in [-0.39, 0.29) is 10.5 Å². The average Bonchev–Trinajstić information content (AvgIpc) is 2.26. The lowest BCUT2D eigenvalue weighted by molar-refractivity contribution is 0.108. The molecule has 6 heteroatoms. The van der Waals surface area contributed by atoms with Crippen molar-refractivity contribution in [3.05, 3.63) is 29.8 Å².